The molecule has 2 aromatic rings. The number of ether oxygens (including phenoxy) is 3. The van der Waals surface area contributed by atoms with Gasteiger partial charge >= 0.3 is 0 Å². The molecule has 0 spiro atoms. The smallest absolute Gasteiger partial charge is 0.209 e. The Balaban J connectivity index is 1.64. The largest absolute Gasteiger partial charge is 0.494 e. The Hall–Kier alpha value is -1.85. The predicted molar refractivity (Wildman–Crippen MR) is 76.7 cm³/mol. The topological polar surface area (TPSA) is 53.7 Å². The highest BCUT2D eigenvalue weighted by Gasteiger charge is 2.31. The lowest BCUT2D eigenvalue weighted by Gasteiger charge is -2.31. The van der Waals surface area contributed by atoms with Crippen LogP contribution in [0, 0.1) is 0 Å². The fourth-order valence-corrected chi connectivity index (χ4v) is 2.08. The highest BCUT2D eigenvalue weighted by Crippen LogP contribution is 2.33. The molecule has 0 atom stereocenters. The molecule has 3 rings (SSSR count). The molecule has 112 valence electrons. The van der Waals surface area contributed by atoms with Crippen LogP contribution in [0.4, 0.5) is 0 Å². The van der Waals surface area contributed by atoms with E-state index in [-0.39, 0.29) is 6.29 Å². The van der Waals surface area contributed by atoms with E-state index in [4.69, 9.17) is 18.7 Å². The molecule has 0 unspecified atom stereocenters. The molecule has 1 saturated heterocycles. The minimum Gasteiger partial charge on any atom is -0.494 e. The number of rotatable bonds is 6. The summed E-state index contributed by atoms with van der Waals surface area (Å²) in [6.45, 7) is 4.73. The van der Waals surface area contributed by atoms with Gasteiger partial charge in [-0.3, -0.25) is 0 Å². The highest BCUT2D eigenvalue weighted by molar-refractivity contribution is 5.58. The Kier molecular flexibility index (Phi) is 4.22. The molecule has 0 bridgehead atoms. The lowest BCUT2D eigenvalue weighted by Crippen LogP contribution is -2.31. The molecular weight excluding hydrogens is 270 g/mol. The molecule has 2 heterocycles. The van der Waals surface area contributed by atoms with Gasteiger partial charge in [-0.05, 0) is 37.6 Å². The van der Waals surface area contributed by atoms with Crippen LogP contribution in [0.25, 0.3) is 11.3 Å². The summed E-state index contributed by atoms with van der Waals surface area (Å²) in [5.41, 5.74) is 1.61. The first kappa shape index (κ1) is 14.1. The SMILES string of the molecule is CCCCOc1ccc(-c2cc(C3OC(C)O3)no2)cc1. The van der Waals surface area contributed by atoms with Gasteiger partial charge in [-0.25, -0.2) is 0 Å². The van der Waals surface area contributed by atoms with Gasteiger partial charge in [0.05, 0.1) is 6.61 Å². The van der Waals surface area contributed by atoms with Crippen molar-refractivity contribution >= 4 is 0 Å². The number of nitrogens with zero attached hydrogens (tertiary/aromatic N) is 1. The zero-order valence-corrected chi connectivity index (χ0v) is 12.2. The summed E-state index contributed by atoms with van der Waals surface area (Å²) in [6, 6.07) is 9.62. The summed E-state index contributed by atoms with van der Waals surface area (Å²) < 4.78 is 21.7. The van der Waals surface area contributed by atoms with Gasteiger partial charge in [0.2, 0.25) is 6.29 Å². The minimum atomic E-state index is -0.408. The quantitative estimate of drug-likeness (QED) is 0.755. The Labute approximate surface area is 123 Å². The lowest BCUT2D eigenvalue weighted by molar-refractivity contribution is -0.384. The standard InChI is InChI=1S/C16H19NO4/c1-3-4-9-18-13-7-5-12(6-8-13)15-10-14(17-21-15)16-19-11(2)20-16/h5-8,10-11,16H,3-4,9H2,1-2H3. The monoisotopic (exact) mass is 289 g/mol. The van der Waals surface area contributed by atoms with Crippen molar-refractivity contribution in [2.24, 2.45) is 0 Å². The third-order valence-electron chi connectivity index (χ3n) is 3.31. The summed E-state index contributed by atoms with van der Waals surface area (Å²) in [4.78, 5) is 0. The maximum atomic E-state index is 5.63. The molecule has 0 N–H and O–H groups in total. The maximum Gasteiger partial charge on any atom is 0.209 e. The second kappa shape index (κ2) is 6.28. The van der Waals surface area contributed by atoms with E-state index >= 15 is 0 Å². The number of hydrogen-bond acceptors (Lipinski definition) is 5. The average molecular weight is 289 g/mol. The van der Waals surface area contributed by atoms with Gasteiger partial charge in [-0.2, -0.15) is 0 Å². The highest BCUT2D eigenvalue weighted by atomic mass is 16.9. The molecule has 1 fully saturated rings. The fraction of sp³-hybridized carbons (Fsp3) is 0.438. The molecule has 1 aromatic heterocycles. The third-order valence-corrected chi connectivity index (χ3v) is 3.31. The van der Waals surface area contributed by atoms with Crippen LogP contribution in [0.3, 0.4) is 0 Å². The second-order valence-corrected chi connectivity index (χ2v) is 5.01. The molecule has 5 nitrogen and oxygen atoms in total. The van der Waals surface area contributed by atoms with Crippen molar-refractivity contribution in [3.63, 3.8) is 0 Å². The fourth-order valence-electron chi connectivity index (χ4n) is 2.08. The summed E-state index contributed by atoms with van der Waals surface area (Å²) in [5, 5.41) is 3.98. The van der Waals surface area contributed by atoms with E-state index in [9.17, 15) is 0 Å². The molecule has 0 amide bonds. The molecule has 1 aliphatic heterocycles. The maximum absolute atomic E-state index is 5.63. The van der Waals surface area contributed by atoms with E-state index in [0.717, 1.165) is 30.8 Å². The second-order valence-electron chi connectivity index (χ2n) is 5.01. The van der Waals surface area contributed by atoms with Gasteiger partial charge in [0.15, 0.2) is 12.1 Å². The van der Waals surface area contributed by atoms with Crippen LogP contribution in [0.1, 0.15) is 38.7 Å². The van der Waals surface area contributed by atoms with Gasteiger partial charge in [0.1, 0.15) is 11.4 Å². The van der Waals surface area contributed by atoms with Crippen LogP contribution in [0.2, 0.25) is 0 Å². The molecule has 0 aliphatic carbocycles. The van der Waals surface area contributed by atoms with Crippen LogP contribution < -0.4 is 4.74 Å². The van der Waals surface area contributed by atoms with Crippen molar-refractivity contribution in [3.8, 4) is 17.1 Å². The molecule has 1 aliphatic rings. The first-order valence-electron chi connectivity index (χ1n) is 7.27. The summed E-state index contributed by atoms with van der Waals surface area (Å²) in [6.07, 6.45) is 1.61. The summed E-state index contributed by atoms with van der Waals surface area (Å²) in [5.74, 6) is 1.56. The summed E-state index contributed by atoms with van der Waals surface area (Å²) >= 11 is 0. The summed E-state index contributed by atoms with van der Waals surface area (Å²) in [7, 11) is 0. The lowest BCUT2D eigenvalue weighted by atomic mass is 10.1. The van der Waals surface area contributed by atoms with Crippen LogP contribution in [-0.2, 0) is 9.47 Å². The molecule has 0 radical (unpaired) electrons. The Morgan fingerprint density at radius 3 is 2.62 bits per heavy atom. The first-order chi connectivity index (χ1) is 10.3. The van der Waals surface area contributed by atoms with Gasteiger partial charge in [0.25, 0.3) is 0 Å². The number of unbranched alkanes of at least 4 members (excludes halogenated alkanes) is 1. The van der Waals surface area contributed by atoms with Gasteiger partial charge in [-0.15, -0.1) is 0 Å². The molecule has 0 saturated carbocycles. The predicted octanol–water partition coefficient (Wildman–Crippen LogP) is 3.91. The number of benzene rings is 1. The molecule has 5 heteroatoms. The molecule has 1 aromatic carbocycles. The van der Waals surface area contributed by atoms with Gasteiger partial charge in [0, 0.05) is 11.6 Å². The first-order valence-corrected chi connectivity index (χ1v) is 7.27. The minimum absolute atomic E-state index is 0.172. The number of hydrogen-bond donors (Lipinski definition) is 0. The normalized spacial score (nSPS) is 21.0. The van der Waals surface area contributed by atoms with Crippen molar-refractivity contribution in [2.75, 3.05) is 6.61 Å². The van der Waals surface area contributed by atoms with E-state index in [1.54, 1.807) is 0 Å². The Bertz CT molecular complexity index is 572. The van der Waals surface area contributed by atoms with Gasteiger partial charge in [-0.1, -0.05) is 18.5 Å². The van der Waals surface area contributed by atoms with E-state index in [0.29, 0.717) is 11.5 Å². The van der Waals surface area contributed by atoms with Gasteiger partial charge < -0.3 is 18.7 Å². The van der Waals surface area contributed by atoms with Crippen molar-refractivity contribution in [2.45, 2.75) is 39.3 Å². The van der Waals surface area contributed by atoms with Crippen LogP contribution in [-0.4, -0.2) is 18.1 Å². The van der Waals surface area contributed by atoms with E-state index in [1.807, 2.05) is 37.3 Å². The van der Waals surface area contributed by atoms with Crippen LogP contribution >= 0.6 is 0 Å². The zero-order valence-electron chi connectivity index (χ0n) is 12.2. The van der Waals surface area contributed by atoms with Crippen LogP contribution in [0.15, 0.2) is 34.9 Å². The van der Waals surface area contributed by atoms with E-state index in [2.05, 4.69) is 12.1 Å². The van der Waals surface area contributed by atoms with Crippen molar-refractivity contribution < 1.29 is 18.7 Å². The third kappa shape index (κ3) is 3.25. The van der Waals surface area contributed by atoms with E-state index < -0.39 is 6.29 Å². The Morgan fingerprint density at radius 2 is 1.95 bits per heavy atom. The van der Waals surface area contributed by atoms with E-state index in [1.165, 1.54) is 0 Å². The van der Waals surface area contributed by atoms with Crippen molar-refractivity contribution in [1.82, 2.24) is 5.16 Å². The molecular formula is C16H19NO4. The average Bonchev–Trinajstić information content (AvgIpc) is 2.94. The van der Waals surface area contributed by atoms with Crippen molar-refractivity contribution in [1.29, 1.82) is 0 Å². The number of aromatic nitrogens is 1. The Morgan fingerprint density at radius 1 is 1.19 bits per heavy atom. The zero-order chi connectivity index (χ0) is 14.7. The van der Waals surface area contributed by atoms with Crippen LogP contribution in [0.5, 0.6) is 5.75 Å². The van der Waals surface area contributed by atoms with Crippen molar-refractivity contribution in [3.05, 3.63) is 36.0 Å². The molecule has 21 heavy (non-hydrogen) atoms.